The third kappa shape index (κ3) is 4.90. The Morgan fingerprint density at radius 2 is 1.89 bits per heavy atom. The zero-order valence-corrected chi connectivity index (χ0v) is 17.2. The number of carbonyl (C=O) groups excluding carboxylic acids is 1. The minimum Gasteiger partial charge on any atom is -0.496 e. The van der Waals surface area contributed by atoms with Crippen molar-refractivity contribution >= 4 is 23.2 Å². The number of allylic oxidation sites excluding steroid dienone is 1. The van der Waals surface area contributed by atoms with E-state index in [0.29, 0.717) is 6.61 Å². The van der Waals surface area contributed by atoms with Crippen LogP contribution in [0.15, 0.2) is 60.7 Å². The average Bonchev–Trinajstić information content (AvgIpc) is 3.21. The Hall–Kier alpha value is -2.85. The second-order valence-electron chi connectivity index (χ2n) is 6.44. The predicted molar refractivity (Wildman–Crippen MR) is 116 cm³/mol. The molecule has 144 valence electrons. The van der Waals surface area contributed by atoms with Gasteiger partial charge in [-0.2, -0.15) is 0 Å². The zero-order valence-electron chi connectivity index (χ0n) is 16.4. The van der Waals surface area contributed by atoms with Gasteiger partial charge in [0.15, 0.2) is 5.78 Å². The fourth-order valence-corrected chi connectivity index (χ4v) is 3.71. The SMILES string of the molecule is CCc1ccc(C(=O)/C=C/c2ccc(OC)c(COc3ccccc3C)c2)s1. The van der Waals surface area contributed by atoms with Gasteiger partial charge in [0.1, 0.15) is 18.1 Å². The highest BCUT2D eigenvalue weighted by Gasteiger charge is 2.08. The van der Waals surface area contributed by atoms with E-state index in [1.807, 2.05) is 67.6 Å². The molecule has 0 aliphatic heterocycles. The highest BCUT2D eigenvalue weighted by molar-refractivity contribution is 7.14. The van der Waals surface area contributed by atoms with Gasteiger partial charge >= 0.3 is 0 Å². The average molecular weight is 393 g/mol. The Morgan fingerprint density at radius 1 is 1.07 bits per heavy atom. The summed E-state index contributed by atoms with van der Waals surface area (Å²) in [5.74, 6) is 1.64. The number of ketones is 1. The summed E-state index contributed by atoms with van der Waals surface area (Å²) in [6.45, 7) is 4.51. The van der Waals surface area contributed by atoms with E-state index in [1.54, 1.807) is 24.5 Å². The van der Waals surface area contributed by atoms with Crippen LogP contribution in [0, 0.1) is 6.92 Å². The molecule has 0 bridgehead atoms. The number of aryl methyl sites for hydroxylation is 2. The highest BCUT2D eigenvalue weighted by atomic mass is 32.1. The first-order valence-corrected chi connectivity index (χ1v) is 10.1. The molecule has 0 atom stereocenters. The Labute approximate surface area is 170 Å². The number of carbonyl (C=O) groups is 1. The quantitative estimate of drug-likeness (QED) is 0.343. The lowest BCUT2D eigenvalue weighted by molar-refractivity contribution is 0.105. The van der Waals surface area contributed by atoms with Crippen molar-refractivity contribution in [3.63, 3.8) is 0 Å². The van der Waals surface area contributed by atoms with Gasteiger partial charge in [0.05, 0.1) is 12.0 Å². The standard InChI is InChI=1S/C24H24O3S/c1-4-20-11-14-24(28-20)21(25)12-9-18-10-13-23(26-3)19(15-18)16-27-22-8-6-5-7-17(22)2/h5-15H,4,16H2,1-3H3/b12-9+. The zero-order chi connectivity index (χ0) is 19.9. The molecule has 3 nitrogen and oxygen atoms in total. The van der Waals surface area contributed by atoms with Crippen LogP contribution in [-0.4, -0.2) is 12.9 Å². The van der Waals surface area contributed by atoms with Crippen LogP contribution in [0.2, 0.25) is 0 Å². The number of para-hydroxylation sites is 1. The molecule has 3 rings (SSSR count). The fraction of sp³-hybridized carbons (Fsp3) is 0.208. The molecule has 0 spiro atoms. The lowest BCUT2D eigenvalue weighted by Crippen LogP contribution is -2.00. The summed E-state index contributed by atoms with van der Waals surface area (Å²) in [4.78, 5) is 14.4. The second-order valence-corrected chi connectivity index (χ2v) is 7.61. The summed E-state index contributed by atoms with van der Waals surface area (Å²) in [6, 6.07) is 17.7. The van der Waals surface area contributed by atoms with Gasteiger partial charge in [-0.1, -0.05) is 37.3 Å². The number of benzene rings is 2. The summed E-state index contributed by atoms with van der Waals surface area (Å²) in [5, 5.41) is 0. The molecule has 1 heterocycles. The van der Waals surface area contributed by atoms with Crippen LogP contribution in [-0.2, 0) is 13.0 Å². The van der Waals surface area contributed by atoms with E-state index in [4.69, 9.17) is 9.47 Å². The van der Waals surface area contributed by atoms with Gasteiger partial charge in [0.2, 0.25) is 0 Å². The largest absolute Gasteiger partial charge is 0.496 e. The molecule has 0 saturated carbocycles. The minimum atomic E-state index is 0.0261. The fourth-order valence-electron chi connectivity index (χ4n) is 2.84. The van der Waals surface area contributed by atoms with Gasteiger partial charge in [0, 0.05) is 10.4 Å². The molecule has 0 unspecified atom stereocenters. The van der Waals surface area contributed by atoms with Crippen LogP contribution in [0.5, 0.6) is 11.5 Å². The third-order valence-electron chi connectivity index (χ3n) is 4.46. The first kappa shape index (κ1) is 19.9. The smallest absolute Gasteiger partial charge is 0.195 e. The van der Waals surface area contributed by atoms with Crippen LogP contribution < -0.4 is 9.47 Å². The molecule has 1 aromatic heterocycles. The summed E-state index contributed by atoms with van der Waals surface area (Å²) in [6.07, 6.45) is 4.41. The van der Waals surface area contributed by atoms with Crippen LogP contribution in [0.3, 0.4) is 0 Å². The van der Waals surface area contributed by atoms with Crippen molar-refractivity contribution in [2.24, 2.45) is 0 Å². The van der Waals surface area contributed by atoms with Gasteiger partial charge in [-0.25, -0.2) is 0 Å². The summed E-state index contributed by atoms with van der Waals surface area (Å²) >= 11 is 1.55. The monoisotopic (exact) mass is 392 g/mol. The lowest BCUT2D eigenvalue weighted by Gasteiger charge is -2.12. The highest BCUT2D eigenvalue weighted by Crippen LogP contribution is 2.25. The van der Waals surface area contributed by atoms with Crippen molar-refractivity contribution in [2.75, 3.05) is 7.11 Å². The molecule has 0 aliphatic carbocycles. The van der Waals surface area contributed by atoms with E-state index in [0.717, 1.165) is 39.5 Å². The van der Waals surface area contributed by atoms with Crippen molar-refractivity contribution < 1.29 is 14.3 Å². The van der Waals surface area contributed by atoms with Gasteiger partial charge < -0.3 is 9.47 Å². The first-order chi connectivity index (χ1) is 13.6. The van der Waals surface area contributed by atoms with Crippen LogP contribution in [0.4, 0.5) is 0 Å². The van der Waals surface area contributed by atoms with Crippen molar-refractivity contribution in [3.05, 3.63) is 87.1 Å². The molecule has 0 fully saturated rings. The Morgan fingerprint density at radius 3 is 2.61 bits per heavy atom. The number of hydrogen-bond donors (Lipinski definition) is 0. The predicted octanol–water partition coefficient (Wildman–Crippen LogP) is 6.10. The van der Waals surface area contributed by atoms with Crippen molar-refractivity contribution in [1.29, 1.82) is 0 Å². The molecular weight excluding hydrogens is 368 g/mol. The molecule has 0 amide bonds. The number of thiophene rings is 1. The van der Waals surface area contributed by atoms with E-state index in [-0.39, 0.29) is 5.78 Å². The van der Waals surface area contributed by atoms with Crippen molar-refractivity contribution in [3.8, 4) is 11.5 Å². The molecule has 0 radical (unpaired) electrons. The summed E-state index contributed by atoms with van der Waals surface area (Å²) in [5.41, 5.74) is 2.96. The van der Waals surface area contributed by atoms with Crippen LogP contribution in [0.1, 0.15) is 38.2 Å². The molecule has 0 aliphatic rings. The number of ether oxygens (including phenoxy) is 2. The van der Waals surface area contributed by atoms with E-state index >= 15 is 0 Å². The maximum atomic E-state index is 12.4. The molecular formula is C24H24O3S. The van der Waals surface area contributed by atoms with Gasteiger partial charge in [-0.05, 0) is 60.9 Å². The molecule has 3 aromatic rings. The summed E-state index contributed by atoms with van der Waals surface area (Å²) in [7, 11) is 1.65. The molecule has 2 aromatic carbocycles. The van der Waals surface area contributed by atoms with Crippen molar-refractivity contribution in [2.45, 2.75) is 26.9 Å². The van der Waals surface area contributed by atoms with Crippen LogP contribution >= 0.6 is 11.3 Å². The Kier molecular flexibility index (Phi) is 6.66. The van der Waals surface area contributed by atoms with E-state index in [1.165, 1.54) is 4.88 Å². The minimum absolute atomic E-state index is 0.0261. The number of rotatable bonds is 8. The van der Waals surface area contributed by atoms with Gasteiger partial charge in [-0.15, -0.1) is 11.3 Å². The summed E-state index contributed by atoms with van der Waals surface area (Å²) < 4.78 is 11.4. The van der Waals surface area contributed by atoms with Crippen LogP contribution in [0.25, 0.3) is 6.08 Å². The van der Waals surface area contributed by atoms with E-state index in [9.17, 15) is 4.79 Å². The van der Waals surface area contributed by atoms with E-state index < -0.39 is 0 Å². The topological polar surface area (TPSA) is 35.5 Å². The van der Waals surface area contributed by atoms with E-state index in [2.05, 4.69) is 6.92 Å². The Balaban J connectivity index is 1.74. The number of hydrogen-bond acceptors (Lipinski definition) is 4. The molecule has 28 heavy (non-hydrogen) atoms. The third-order valence-corrected chi connectivity index (χ3v) is 5.71. The molecule has 0 saturated heterocycles. The second kappa shape index (κ2) is 9.38. The number of methoxy groups -OCH3 is 1. The molecule has 4 heteroatoms. The maximum absolute atomic E-state index is 12.4. The van der Waals surface area contributed by atoms with Gasteiger partial charge in [-0.3, -0.25) is 4.79 Å². The molecule has 0 N–H and O–H groups in total. The lowest BCUT2D eigenvalue weighted by atomic mass is 10.1. The van der Waals surface area contributed by atoms with Crippen molar-refractivity contribution in [1.82, 2.24) is 0 Å². The Bertz CT molecular complexity index is 985. The maximum Gasteiger partial charge on any atom is 0.195 e. The normalized spacial score (nSPS) is 11.0. The first-order valence-electron chi connectivity index (χ1n) is 9.27. The van der Waals surface area contributed by atoms with Gasteiger partial charge in [0.25, 0.3) is 0 Å².